The van der Waals surface area contributed by atoms with Crippen molar-refractivity contribution in [2.45, 2.75) is 40.2 Å². The summed E-state index contributed by atoms with van der Waals surface area (Å²) in [5.41, 5.74) is 1.03. The molecule has 1 unspecified atom stereocenters. The number of methoxy groups -OCH3 is 1. The summed E-state index contributed by atoms with van der Waals surface area (Å²) in [5.74, 6) is 2.46. The maximum absolute atomic E-state index is 9.22. The van der Waals surface area contributed by atoms with Crippen LogP contribution in [0.1, 0.15) is 39.2 Å². The van der Waals surface area contributed by atoms with Crippen LogP contribution in [0, 0.1) is 11.8 Å². The van der Waals surface area contributed by atoms with Crippen molar-refractivity contribution >= 4 is 5.96 Å². The Hall–Kier alpha value is -1.82. The summed E-state index contributed by atoms with van der Waals surface area (Å²) in [6, 6.07) is 3.80. The van der Waals surface area contributed by atoms with E-state index in [0.717, 1.165) is 37.5 Å². The van der Waals surface area contributed by atoms with Crippen LogP contribution >= 0.6 is 0 Å². The summed E-state index contributed by atoms with van der Waals surface area (Å²) >= 11 is 0. The molecule has 6 heteroatoms. The molecule has 0 saturated carbocycles. The molecule has 1 heterocycles. The molecule has 0 amide bonds. The number of guanidine groups is 1. The highest BCUT2D eigenvalue weighted by Gasteiger charge is 2.11. The third kappa shape index (κ3) is 8.15. The number of aliphatic hydroxyl groups excluding tert-OH is 1. The molecule has 136 valence electrons. The number of nitrogens with zero attached hydrogens (tertiary/aromatic N) is 2. The number of pyridine rings is 1. The summed E-state index contributed by atoms with van der Waals surface area (Å²) < 4.78 is 5.06. The van der Waals surface area contributed by atoms with Gasteiger partial charge in [-0.25, -0.2) is 9.98 Å². The highest BCUT2D eigenvalue weighted by molar-refractivity contribution is 5.79. The molecule has 0 radical (unpaired) electrons. The molecule has 24 heavy (non-hydrogen) atoms. The van der Waals surface area contributed by atoms with Gasteiger partial charge >= 0.3 is 0 Å². The van der Waals surface area contributed by atoms with E-state index in [0.29, 0.717) is 24.3 Å². The molecule has 1 aromatic rings. The van der Waals surface area contributed by atoms with Crippen LogP contribution in [-0.2, 0) is 6.54 Å². The second-order valence-corrected chi connectivity index (χ2v) is 6.29. The molecule has 1 rings (SSSR count). The quantitative estimate of drug-likeness (QED) is 0.451. The Morgan fingerprint density at radius 1 is 1.33 bits per heavy atom. The summed E-state index contributed by atoms with van der Waals surface area (Å²) in [4.78, 5) is 8.79. The van der Waals surface area contributed by atoms with Crippen LogP contribution in [0.2, 0.25) is 0 Å². The zero-order valence-corrected chi connectivity index (χ0v) is 15.4. The van der Waals surface area contributed by atoms with Crippen molar-refractivity contribution in [2.75, 3.05) is 26.8 Å². The fourth-order valence-corrected chi connectivity index (χ4v) is 2.53. The van der Waals surface area contributed by atoms with Gasteiger partial charge in [0.2, 0.25) is 5.88 Å². The fourth-order valence-electron chi connectivity index (χ4n) is 2.53. The first kappa shape index (κ1) is 20.2. The Morgan fingerprint density at radius 2 is 2.12 bits per heavy atom. The average molecular weight is 336 g/mol. The van der Waals surface area contributed by atoms with Crippen LogP contribution in [0.3, 0.4) is 0 Å². The van der Waals surface area contributed by atoms with Gasteiger partial charge < -0.3 is 20.5 Å². The lowest BCUT2D eigenvalue weighted by molar-refractivity contribution is 0.243. The van der Waals surface area contributed by atoms with Crippen molar-refractivity contribution in [1.82, 2.24) is 15.6 Å². The number of hydrogen-bond acceptors (Lipinski definition) is 4. The van der Waals surface area contributed by atoms with E-state index in [2.05, 4.69) is 34.5 Å². The molecular formula is C18H32N4O2. The van der Waals surface area contributed by atoms with E-state index in [1.54, 1.807) is 13.3 Å². The molecule has 0 spiro atoms. The molecule has 0 aliphatic carbocycles. The Morgan fingerprint density at radius 3 is 2.67 bits per heavy atom. The van der Waals surface area contributed by atoms with E-state index in [1.165, 1.54) is 0 Å². The fraction of sp³-hybridized carbons (Fsp3) is 0.667. The molecule has 1 atom stereocenters. The molecule has 0 aliphatic rings. The minimum absolute atomic E-state index is 0.226. The first-order valence-corrected chi connectivity index (χ1v) is 8.71. The zero-order chi connectivity index (χ0) is 17.8. The van der Waals surface area contributed by atoms with Gasteiger partial charge in [-0.3, -0.25) is 0 Å². The van der Waals surface area contributed by atoms with Gasteiger partial charge in [-0.15, -0.1) is 0 Å². The molecule has 1 aromatic heterocycles. The van der Waals surface area contributed by atoms with Crippen molar-refractivity contribution in [1.29, 1.82) is 0 Å². The summed E-state index contributed by atoms with van der Waals surface area (Å²) in [7, 11) is 1.60. The summed E-state index contributed by atoms with van der Waals surface area (Å²) in [6.45, 7) is 8.87. The van der Waals surface area contributed by atoms with E-state index in [9.17, 15) is 5.11 Å². The first-order chi connectivity index (χ1) is 11.6. The Bertz CT molecular complexity index is 474. The maximum atomic E-state index is 9.22. The number of hydrogen-bond donors (Lipinski definition) is 3. The second-order valence-electron chi connectivity index (χ2n) is 6.29. The molecule has 6 nitrogen and oxygen atoms in total. The van der Waals surface area contributed by atoms with Gasteiger partial charge in [0.15, 0.2) is 5.96 Å². The third-order valence-electron chi connectivity index (χ3n) is 3.67. The number of nitrogens with one attached hydrogen (secondary N) is 2. The lowest BCUT2D eigenvalue weighted by Gasteiger charge is -2.20. The van der Waals surface area contributed by atoms with Gasteiger partial charge in [-0.1, -0.05) is 19.9 Å². The smallest absolute Gasteiger partial charge is 0.212 e. The molecular weight excluding hydrogens is 304 g/mol. The van der Waals surface area contributed by atoms with Crippen molar-refractivity contribution in [3.8, 4) is 5.88 Å². The van der Waals surface area contributed by atoms with Crippen LogP contribution in [0.25, 0.3) is 0 Å². The standard InChI is InChI=1S/C18H32N4O2/c1-5-19-18(21-11-15(8-9-23)10-14(2)3)22-13-16-6-7-17(24-4)20-12-16/h6-7,12,14-15,23H,5,8-11,13H2,1-4H3,(H2,19,21,22). The van der Waals surface area contributed by atoms with E-state index in [4.69, 9.17) is 4.74 Å². The first-order valence-electron chi connectivity index (χ1n) is 8.71. The van der Waals surface area contributed by atoms with E-state index >= 15 is 0 Å². The molecule has 0 aromatic carbocycles. The number of aliphatic imine (C=N–C) groups is 1. The molecule has 0 aliphatic heterocycles. The number of rotatable bonds is 10. The van der Waals surface area contributed by atoms with Gasteiger partial charge in [0, 0.05) is 32.0 Å². The SMILES string of the molecule is CCNC(=NCc1ccc(OC)nc1)NCC(CCO)CC(C)C. The number of aliphatic hydroxyl groups is 1. The largest absolute Gasteiger partial charge is 0.481 e. The number of aromatic nitrogens is 1. The van der Waals surface area contributed by atoms with Crippen molar-refractivity contribution in [3.63, 3.8) is 0 Å². The summed E-state index contributed by atoms with van der Waals surface area (Å²) in [5, 5.41) is 15.9. The van der Waals surface area contributed by atoms with Crippen LogP contribution in [0.15, 0.2) is 23.3 Å². The van der Waals surface area contributed by atoms with Crippen LogP contribution < -0.4 is 15.4 Å². The molecule has 3 N–H and O–H groups in total. The predicted octanol–water partition coefficient (Wildman–Crippen LogP) is 2.19. The topological polar surface area (TPSA) is 78.8 Å². The van der Waals surface area contributed by atoms with Crippen LogP contribution in [-0.4, -0.2) is 42.9 Å². The lowest BCUT2D eigenvalue weighted by atomic mass is 9.94. The minimum atomic E-state index is 0.226. The Kier molecular flexibility index (Phi) is 9.84. The monoisotopic (exact) mass is 336 g/mol. The minimum Gasteiger partial charge on any atom is -0.481 e. The van der Waals surface area contributed by atoms with Crippen molar-refractivity contribution in [2.24, 2.45) is 16.8 Å². The van der Waals surface area contributed by atoms with Crippen LogP contribution in [0.4, 0.5) is 0 Å². The maximum Gasteiger partial charge on any atom is 0.212 e. The predicted molar refractivity (Wildman–Crippen MR) is 98.3 cm³/mol. The molecule has 0 bridgehead atoms. The Labute approximate surface area is 145 Å². The highest BCUT2D eigenvalue weighted by Crippen LogP contribution is 2.14. The van der Waals surface area contributed by atoms with Gasteiger partial charge in [-0.2, -0.15) is 0 Å². The van der Waals surface area contributed by atoms with E-state index in [-0.39, 0.29) is 6.61 Å². The zero-order valence-electron chi connectivity index (χ0n) is 15.4. The van der Waals surface area contributed by atoms with Gasteiger partial charge in [-0.05, 0) is 37.2 Å². The molecule has 0 saturated heterocycles. The highest BCUT2D eigenvalue weighted by atomic mass is 16.5. The van der Waals surface area contributed by atoms with E-state index < -0.39 is 0 Å². The average Bonchev–Trinajstić information content (AvgIpc) is 2.57. The second kappa shape index (κ2) is 11.7. The Balaban J connectivity index is 2.59. The van der Waals surface area contributed by atoms with Crippen LogP contribution in [0.5, 0.6) is 5.88 Å². The normalized spacial score (nSPS) is 13.0. The lowest BCUT2D eigenvalue weighted by Crippen LogP contribution is -2.40. The van der Waals surface area contributed by atoms with Crippen molar-refractivity contribution < 1.29 is 9.84 Å². The summed E-state index contributed by atoms with van der Waals surface area (Å²) in [6.07, 6.45) is 3.68. The van der Waals surface area contributed by atoms with E-state index in [1.807, 2.05) is 19.1 Å². The molecule has 0 fully saturated rings. The van der Waals surface area contributed by atoms with Crippen molar-refractivity contribution in [3.05, 3.63) is 23.9 Å². The van der Waals surface area contributed by atoms with Gasteiger partial charge in [0.05, 0.1) is 13.7 Å². The third-order valence-corrected chi connectivity index (χ3v) is 3.67. The van der Waals surface area contributed by atoms with Gasteiger partial charge in [0.25, 0.3) is 0 Å². The number of ether oxygens (including phenoxy) is 1. The van der Waals surface area contributed by atoms with Gasteiger partial charge in [0.1, 0.15) is 0 Å².